The summed E-state index contributed by atoms with van der Waals surface area (Å²) in [5, 5.41) is 8.70. The third kappa shape index (κ3) is 2.45. The van der Waals surface area contributed by atoms with E-state index in [1.807, 2.05) is 0 Å². The number of alkyl halides is 2. The van der Waals surface area contributed by atoms with Crippen molar-refractivity contribution in [3.05, 3.63) is 23.3 Å². The van der Waals surface area contributed by atoms with Crippen LogP contribution in [0.2, 0.25) is 0 Å². The molecule has 1 aromatic rings. The zero-order valence-electron chi connectivity index (χ0n) is 8.33. The van der Waals surface area contributed by atoms with Gasteiger partial charge in [-0.3, -0.25) is 4.79 Å². The summed E-state index contributed by atoms with van der Waals surface area (Å²) in [6.45, 7) is -1.78. The fraction of sp³-hybridized carbons (Fsp3) is 0.200. The molecule has 0 atom stereocenters. The molecule has 0 aliphatic rings. The van der Waals surface area contributed by atoms with E-state index in [2.05, 4.69) is 4.74 Å². The van der Waals surface area contributed by atoms with Crippen molar-refractivity contribution in [2.75, 3.05) is 5.73 Å². The van der Waals surface area contributed by atoms with Gasteiger partial charge in [0.15, 0.2) is 5.78 Å². The Balaban J connectivity index is 3.28. The van der Waals surface area contributed by atoms with Crippen LogP contribution in [0.1, 0.15) is 22.8 Å². The minimum Gasteiger partial charge on any atom is -0.433 e. The summed E-state index contributed by atoms with van der Waals surface area (Å²) in [5.74, 6) is -0.683. The molecule has 0 aromatic heterocycles. The number of nitrogens with two attached hydrogens (primary N) is 1. The van der Waals surface area contributed by atoms with Gasteiger partial charge < -0.3 is 10.5 Å². The number of Topliss-reactive ketones (excluding diaryl/α,β-unsaturated/α-hetero) is 1. The summed E-state index contributed by atoms with van der Waals surface area (Å²) in [5.41, 5.74) is 5.42. The standard InChI is InChI=1S/C10H8F2N2O2/c1-5(15)7-2-6(4-13)9(3-8(7)14)16-10(11)12/h2-3,10H,14H2,1H3. The minimum absolute atomic E-state index is 0.00199. The average Bonchev–Trinajstić information content (AvgIpc) is 2.16. The maximum Gasteiger partial charge on any atom is 0.387 e. The molecule has 0 fully saturated rings. The van der Waals surface area contributed by atoms with Gasteiger partial charge in [0.25, 0.3) is 0 Å². The normalized spacial score (nSPS) is 9.94. The SMILES string of the molecule is CC(=O)c1cc(C#N)c(OC(F)F)cc1N. The smallest absolute Gasteiger partial charge is 0.387 e. The Hall–Kier alpha value is -2.16. The second-order valence-corrected chi connectivity index (χ2v) is 2.98. The summed E-state index contributed by atoms with van der Waals surface area (Å²) in [6, 6.07) is 3.83. The van der Waals surface area contributed by atoms with E-state index in [0.29, 0.717) is 0 Å². The van der Waals surface area contributed by atoms with E-state index < -0.39 is 6.61 Å². The lowest BCUT2D eigenvalue weighted by Gasteiger charge is -2.09. The maximum atomic E-state index is 12.0. The molecule has 0 aliphatic heterocycles. The Bertz CT molecular complexity index is 467. The van der Waals surface area contributed by atoms with Gasteiger partial charge in [0, 0.05) is 17.3 Å². The molecule has 0 saturated carbocycles. The molecule has 1 aromatic carbocycles. The molecule has 0 heterocycles. The molecule has 0 aliphatic carbocycles. The van der Waals surface area contributed by atoms with Gasteiger partial charge in [-0.05, 0) is 13.0 Å². The van der Waals surface area contributed by atoms with Gasteiger partial charge in [0.1, 0.15) is 11.8 Å². The topological polar surface area (TPSA) is 76.1 Å². The number of nitrogens with zero attached hydrogens (tertiary/aromatic N) is 1. The largest absolute Gasteiger partial charge is 0.433 e. The molecular weight excluding hydrogens is 218 g/mol. The Morgan fingerprint density at radius 2 is 2.19 bits per heavy atom. The van der Waals surface area contributed by atoms with Crippen LogP contribution in [-0.2, 0) is 0 Å². The number of carbonyl (C=O) groups excluding carboxylic acids is 1. The summed E-state index contributed by atoms with van der Waals surface area (Å²) in [4.78, 5) is 11.1. The number of hydrogen-bond acceptors (Lipinski definition) is 4. The van der Waals surface area contributed by atoms with E-state index in [4.69, 9.17) is 11.0 Å². The zero-order chi connectivity index (χ0) is 12.3. The van der Waals surface area contributed by atoms with E-state index in [-0.39, 0.29) is 28.3 Å². The number of ketones is 1. The van der Waals surface area contributed by atoms with E-state index >= 15 is 0 Å². The van der Waals surface area contributed by atoms with Crippen LogP contribution in [0.25, 0.3) is 0 Å². The van der Waals surface area contributed by atoms with Crippen LogP contribution in [0.5, 0.6) is 5.75 Å². The van der Waals surface area contributed by atoms with Gasteiger partial charge in [-0.1, -0.05) is 0 Å². The lowest BCUT2D eigenvalue weighted by atomic mass is 10.1. The van der Waals surface area contributed by atoms with Gasteiger partial charge in [0.05, 0.1) is 5.56 Å². The second kappa shape index (κ2) is 4.57. The molecule has 84 valence electrons. The summed E-state index contributed by atoms with van der Waals surface area (Å²) >= 11 is 0. The number of rotatable bonds is 3. The van der Waals surface area contributed by atoms with Gasteiger partial charge in [-0.2, -0.15) is 14.0 Å². The van der Waals surface area contributed by atoms with Crippen molar-refractivity contribution in [3.8, 4) is 11.8 Å². The zero-order valence-corrected chi connectivity index (χ0v) is 8.33. The highest BCUT2D eigenvalue weighted by atomic mass is 19.3. The Morgan fingerprint density at radius 3 is 2.62 bits per heavy atom. The predicted octanol–water partition coefficient (Wildman–Crippen LogP) is 1.94. The van der Waals surface area contributed by atoms with Crippen molar-refractivity contribution in [2.45, 2.75) is 13.5 Å². The van der Waals surface area contributed by atoms with Crippen molar-refractivity contribution in [1.29, 1.82) is 5.26 Å². The minimum atomic E-state index is -3.05. The van der Waals surface area contributed by atoms with Crippen LogP contribution < -0.4 is 10.5 Å². The fourth-order valence-corrected chi connectivity index (χ4v) is 1.18. The highest BCUT2D eigenvalue weighted by molar-refractivity contribution is 5.99. The molecular formula is C10H8F2N2O2. The van der Waals surface area contributed by atoms with Crippen molar-refractivity contribution in [1.82, 2.24) is 0 Å². The van der Waals surface area contributed by atoms with E-state index in [9.17, 15) is 13.6 Å². The number of anilines is 1. The molecule has 0 unspecified atom stereocenters. The first-order valence-electron chi connectivity index (χ1n) is 4.25. The van der Waals surface area contributed by atoms with Gasteiger partial charge in [-0.25, -0.2) is 0 Å². The van der Waals surface area contributed by atoms with Crippen LogP contribution in [0.15, 0.2) is 12.1 Å². The highest BCUT2D eigenvalue weighted by Gasteiger charge is 2.14. The number of nitriles is 1. The van der Waals surface area contributed by atoms with Crippen LogP contribution in [0.4, 0.5) is 14.5 Å². The van der Waals surface area contributed by atoms with Gasteiger partial charge in [-0.15, -0.1) is 0 Å². The summed E-state index contributed by atoms with van der Waals surface area (Å²) < 4.78 is 28.1. The molecule has 2 N–H and O–H groups in total. The fourth-order valence-electron chi connectivity index (χ4n) is 1.18. The van der Waals surface area contributed by atoms with E-state index in [0.717, 1.165) is 12.1 Å². The van der Waals surface area contributed by atoms with Crippen molar-refractivity contribution in [3.63, 3.8) is 0 Å². The van der Waals surface area contributed by atoms with Crippen LogP contribution in [0.3, 0.4) is 0 Å². The first-order chi connectivity index (χ1) is 7.45. The predicted molar refractivity (Wildman–Crippen MR) is 52.2 cm³/mol. The average molecular weight is 226 g/mol. The molecule has 0 saturated heterocycles. The van der Waals surface area contributed by atoms with E-state index in [1.165, 1.54) is 6.92 Å². The number of hydrogen-bond donors (Lipinski definition) is 1. The first kappa shape index (κ1) is 11.9. The third-order valence-electron chi connectivity index (χ3n) is 1.87. The number of benzene rings is 1. The Labute approximate surface area is 90.2 Å². The number of carbonyl (C=O) groups is 1. The molecule has 6 heteroatoms. The maximum absolute atomic E-state index is 12.0. The molecule has 0 spiro atoms. The first-order valence-corrected chi connectivity index (χ1v) is 4.25. The molecule has 4 nitrogen and oxygen atoms in total. The van der Waals surface area contributed by atoms with Crippen LogP contribution >= 0.6 is 0 Å². The lowest BCUT2D eigenvalue weighted by Crippen LogP contribution is -2.07. The number of ether oxygens (including phenoxy) is 1. The second-order valence-electron chi connectivity index (χ2n) is 2.98. The molecule has 0 radical (unpaired) electrons. The van der Waals surface area contributed by atoms with Gasteiger partial charge in [0.2, 0.25) is 0 Å². The molecule has 0 bridgehead atoms. The highest BCUT2D eigenvalue weighted by Crippen LogP contribution is 2.26. The Morgan fingerprint density at radius 1 is 1.56 bits per heavy atom. The summed E-state index contributed by atoms with van der Waals surface area (Å²) in [7, 11) is 0. The molecule has 1 rings (SSSR count). The summed E-state index contributed by atoms with van der Waals surface area (Å²) in [6.07, 6.45) is 0. The molecule has 16 heavy (non-hydrogen) atoms. The van der Waals surface area contributed by atoms with Crippen molar-refractivity contribution in [2.24, 2.45) is 0 Å². The number of nitrogen functional groups attached to an aromatic ring is 1. The van der Waals surface area contributed by atoms with Gasteiger partial charge >= 0.3 is 6.61 Å². The van der Waals surface area contributed by atoms with Crippen molar-refractivity contribution >= 4 is 11.5 Å². The van der Waals surface area contributed by atoms with E-state index in [1.54, 1.807) is 6.07 Å². The third-order valence-corrected chi connectivity index (χ3v) is 1.87. The van der Waals surface area contributed by atoms with Crippen LogP contribution in [-0.4, -0.2) is 12.4 Å². The van der Waals surface area contributed by atoms with Crippen LogP contribution in [0, 0.1) is 11.3 Å². The monoisotopic (exact) mass is 226 g/mol. The van der Waals surface area contributed by atoms with Crippen molar-refractivity contribution < 1.29 is 18.3 Å². The quantitative estimate of drug-likeness (QED) is 0.631. The Kier molecular flexibility index (Phi) is 3.40. The lowest BCUT2D eigenvalue weighted by molar-refractivity contribution is -0.0499. The number of halogens is 2. The molecule has 0 amide bonds.